The van der Waals surface area contributed by atoms with Crippen LogP contribution in [0.4, 0.5) is 0 Å². The third-order valence-electron chi connectivity index (χ3n) is 4.51. The molecule has 1 aliphatic heterocycles. The second kappa shape index (κ2) is 8.95. The molecule has 0 bridgehead atoms. The van der Waals surface area contributed by atoms with Gasteiger partial charge in [-0.3, -0.25) is 9.59 Å². The van der Waals surface area contributed by atoms with Crippen LogP contribution in [0.1, 0.15) is 30.4 Å². The monoisotopic (exact) mass is 427 g/mol. The van der Waals surface area contributed by atoms with Crippen LogP contribution >= 0.6 is 15.9 Å². The molecule has 0 atom stereocenters. The Balaban J connectivity index is 1.49. The lowest BCUT2D eigenvalue weighted by molar-refractivity contribution is -0.136. The second-order valence-corrected chi connectivity index (χ2v) is 7.47. The molecule has 3 rings (SSSR count). The molecule has 0 fully saturated rings. The van der Waals surface area contributed by atoms with Crippen molar-refractivity contribution in [2.45, 2.75) is 25.8 Å². The Bertz CT molecular complexity index is 834. The maximum absolute atomic E-state index is 12.4. The van der Waals surface area contributed by atoms with Crippen LogP contribution in [0.2, 0.25) is 0 Å². The minimum Gasteiger partial charge on any atom is -0.341 e. The Hall–Kier alpha value is -2.47. The molecule has 0 saturated carbocycles. The first-order chi connectivity index (χ1) is 13.0. The average Bonchev–Trinajstić information content (AvgIpc) is 3.18. The predicted octanol–water partition coefficient (Wildman–Crippen LogP) is 3.82. The summed E-state index contributed by atoms with van der Waals surface area (Å²) in [7, 11) is 1.76. The van der Waals surface area contributed by atoms with Crippen molar-refractivity contribution in [1.82, 2.24) is 9.91 Å². The van der Waals surface area contributed by atoms with Gasteiger partial charge in [-0.15, -0.1) is 0 Å². The number of amides is 2. The SMILES string of the molecule is CN(Cc1ccc(Br)cc1)C(=O)CCC(=O)N1CCC(c2ccccc2)=N1. The first kappa shape index (κ1) is 19.3. The lowest BCUT2D eigenvalue weighted by atomic mass is 10.1. The van der Waals surface area contributed by atoms with Gasteiger partial charge < -0.3 is 4.90 Å². The van der Waals surface area contributed by atoms with E-state index in [0.29, 0.717) is 13.1 Å². The van der Waals surface area contributed by atoms with E-state index in [1.807, 2.05) is 54.6 Å². The smallest absolute Gasteiger partial charge is 0.243 e. The van der Waals surface area contributed by atoms with Gasteiger partial charge in [0.15, 0.2) is 0 Å². The van der Waals surface area contributed by atoms with Crippen LogP contribution in [-0.4, -0.2) is 41.0 Å². The average molecular weight is 428 g/mol. The molecule has 0 N–H and O–H groups in total. The quantitative estimate of drug-likeness (QED) is 0.703. The fraction of sp³-hybridized carbons (Fsp3) is 0.286. The standard InChI is InChI=1S/C21H22BrN3O2/c1-24(15-16-7-9-18(22)10-8-16)20(26)11-12-21(27)25-14-13-19(23-25)17-5-3-2-4-6-17/h2-10H,11-15H2,1H3. The lowest BCUT2D eigenvalue weighted by Gasteiger charge is -2.18. The summed E-state index contributed by atoms with van der Waals surface area (Å²) in [6.45, 7) is 1.10. The van der Waals surface area contributed by atoms with Gasteiger partial charge in [0.2, 0.25) is 11.8 Å². The Labute approximate surface area is 167 Å². The number of carbonyl (C=O) groups excluding carboxylic acids is 2. The molecule has 2 amide bonds. The molecule has 0 aliphatic carbocycles. The molecule has 2 aromatic carbocycles. The minimum absolute atomic E-state index is 0.0438. The Morgan fingerprint density at radius 1 is 1.07 bits per heavy atom. The maximum Gasteiger partial charge on any atom is 0.243 e. The molecule has 0 aromatic heterocycles. The van der Waals surface area contributed by atoms with Gasteiger partial charge in [0.25, 0.3) is 0 Å². The molecule has 27 heavy (non-hydrogen) atoms. The number of halogens is 1. The van der Waals surface area contributed by atoms with Crippen molar-refractivity contribution < 1.29 is 9.59 Å². The number of benzene rings is 2. The molecule has 2 aromatic rings. The van der Waals surface area contributed by atoms with E-state index in [-0.39, 0.29) is 24.7 Å². The van der Waals surface area contributed by atoms with Crippen molar-refractivity contribution >= 4 is 33.5 Å². The van der Waals surface area contributed by atoms with Crippen LogP contribution in [0.25, 0.3) is 0 Å². The molecule has 1 heterocycles. The molecular formula is C21H22BrN3O2. The topological polar surface area (TPSA) is 53.0 Å². The zero-order valence-corrected chi connectivity index (χ0v) is 16.9. The summed E-state index contributed by atoms with van der Waals surface area (Å²) in [6, 6.07) is 17.7. The van der Waals surface area contributed by atoms with Gasteiger partial charge in [-0.25, -0.2) is 5.01 Å². The van der Waals surface area contributed by atoms with E-state index >= 15 is 0 Å². The summed E-state index contributed by atoms with van der Waals surface area (Å²) < 4.78 is 1.01. The molecule has 0 saturated heterocycles. The second-order valence-electron chi connectivity index (χ2n) is 6.56. The zero-order valence-electron chi connectivity index (χ0n) is 15.3. The highest BCUT2D eigenvalue weighted by Gasteiger charge is 2.22. The number of carbonyl (C=O) groups is 2. The Morgan fingerprint density at radius 2 is 1.78 bits per heavy atom. The largest absolute Gasteiger partial charge is 0.341 e. The molecule has 140 valence electrons. The molecule has 0 spiro atoms. The van der Waals surface area contributed by atoms with Gasteiger partial charge in [-0.05, 0) is 23.3 Å². The van der Waals surface area contributed by atoms with Gasteiger partial charge in [0.05, 0.1) is 12.3 Å². The van der Waals surface area contributed by atoms with Gasteiger partial charge in [-0.2, -0.15) is 5.10 Å². The number of hydrogen-bond acceptors (Lipinski definition) is 3. The fourth-order valence-corrected chi connectivity index (χ4v) is 3.22. The molecule has 1 aliphatic rings. The van der Waals surface area contributed by atoms with E-state index < -0.39 is 0 Å². The van der Waals surface area contributed by atoms with E-state index in [0.717, 1.165) is 27.7 Å². The summed E-state index contributed by atoms with van der Waals surface area (Å²) >= 11 is 3.40. The molecule has 5 nitrogen and oxygen atoms in total. The normalized spacial score (nSPS) is 13.4. The molecule has 0 unspecified atom stereocenters. The van der Waals surface area contributed by atoms with E-state index in [1.165, 1.54) is 5.01 Å². The molecule has 6 heteroatoms. The van der Waals surface area contributed by atoms with Crippen molar-refractivity contribution in [2.75, 3.05) is 13.6 Å². The van der Waals surface area contributed by atoms with Crippen LogP contribution < -0.4 is 0 Å². The van der Waals surface area contributed by atoms with Gasteiger partial charge in [0, 0.05) is 37.3 Å². The fourth-order valence-electron chi connectivity index (χ4n) is 2.96. The van der Waals surface area contributed by atoms with Gasteiger partial charge in [0.1, 0.15) is 0 Å². The van der Waals surface area contributed by atoms with Crippen LogP contribution in [0.5, 0.6) is 0 Å². The number of nitrogens with zero attached hydrogens (tertiary/aromatic N) is 3. The number of hydrogen-bond donors (Lipinski definition) is 0. The van der Waals surface area contributed by atoms with E-state index in [9.17, 15) is 9.59 Å². The molecular weight excluding hydrogens is 406 g/mol. The number of hydrazone groups is 1. The summed E-state index contributed by atoms with van der Waals surface area (Å²) in [5, 5.41) is 5.92. The van der Waals surface area contributed by atoms with Gasteiger partial charge >= 0.3 is 0 Å². The van der Waals surface area contributed by atoms with E-state index in [4.69, 9.17) is 0 Å². The number of rotatable bonds is 6. The van der Waals surface area contributed by atoms with E-state index in [2.05, 4.69) is 21.0 Å². The van der Waals surface area contributed by atoms with Crippen molar-refractivity contribution in [3.63, 3.8) is 0 Å². The summed E-state index contributed by atoms with van der Waals surface area (Å²) in [5.74, 6) is -0.149. The third-order valence-corrected chi connectivity index (χ3v) is 5.04. The Morgan fingerprint density at radius 3 is 2.48 bits per heavy atom. The highest BCUT2D eigenvalue weighted by atomic mass is 79.9. The van der Waals surface area contributed by atoms with Crippen molar-refractivity contribution in [1.29, 1.82) is 0 Å². The van der Waals surface area contributed by atoms with Crippen molar-refractivity contribution in [2.24, 2.45) is 5.10 Å². The molecule has 0 radical (unpaired) electrons. The lowest BCUT2D eigenvalue weighted by Crippen LogP contribution is -2.29. The van der Waals surface area contributed by atoms with E-state index in [1.54, 1.807) is 11.9 Å². The van der Waals surface area contributed by atoms with Crippen molar-refractivity contribution in [3.05, 3.63) is 70.2 Å². The summed E-state index contributed by atoms with van der Waals surface area (Å²) in [6.07, 6.45) is 1.11. The predicted molar refractivity (Wildman–Crippen MR) is 109 cm³/mol. The highest BCUT2D eigenvalue weighted by Crippen LogP contribution is 2.16. The summed E-state index contributed by atoms with van der Waals surface area (Å²) in [5.41, 5.74) is 3.01. The Kier molecular flexibility index (Phi) is 6.40. The van der Waals surface area contributed by atoms with Crippen LogP contribution in [0.3, 0.4) is 0 Å². The highest BCUT2D eigenvalue weighted by molar-refractivity contribution is 9.10. The van der Waals surface area contributed by atoms with Crippen LogP contribution in [-0.2, 0) is 16.1 Å². The maximum atomic E-state index is 12.4. The first-order valence-corrected chi connectivity index (χ1v) is 9.74. The first-order valence-electron chi connectivity index (χ1n) is 8.94. The van der Waals surface area contributed by atoms with Crippen molar-refractivity contribution in [3.8, 4) is 0 Å². The van der Waals surface area contributed by atoms with Crippen LogP contribution in [0.15, 0.2) is 64.2 Å². The van der Waals surface area contributed by atoms with Gasteiger partial charge in [-0.1, -0.05) is 58.4 Å². The zero-order chi connectivity index (χ0) is 19.2. The third kappa shape index (κ3) is 5.26. The summed E-state index contributed by atoms with van der Waals surface area (Å²) in [4.78, 5) is 26.4. The van der Waals surface area contributed by atoms with Crippen LogP contribution in [0, 0.1) is 0 Å². The minimum atomic E-state index is -0.105.